The minimum Gasteiger partial charge on any atom is -0.338 e. The van der Waals surface area contributed by atoms with E-state index in [0.717, 1.165) is 20.3 Å². The number of H-pyrrole nitrogens is 1. The van der Waals surface area contributed by atoms with Crippen molar-refractivity contribution < 1.29 is 0 Å². The Kier molecular flexibility index (Phi) is 4.09. The number of para-hydroxylation sites is 3. The third kappa shape index (κ3) is 2.52. The molecule has 6 heteroatoms. The summed E-state index contributed by atoms with van der Waals surface area (Å²) in [4.78, 5) is 20.8. The van der Waals surface area contributed by atoms with Crippen molar-refractivity contribution >= 4 is 51.2 Å². The zero-order valence-electron chi connectivity index (χ0n) is 13.8. The van der Waals surface area contributed by atoms with Crippen LogP contribution in [0.15, 0.2) is 58.3 Å². The van der Waals surface area contributed by atoms with Gasteiger partial charge in [-0.15, -0.1) is 0 Å². The van der Waals surface area contributed by atoms with Gasteiger partial charge in [-0.25, -0.2) is 0 Å². The fourth-order valence-electron chi connectivity index (χ4n) is 3.04. The van der Waals surface area contributed by atoms with E-state index in [1.165, 1.54) is 0 Å². The number of aromatic nitrogens is 2. The third-order valence-electron chi connectivity index (χ3n) is 4.37. The number of aliphatic imine (C=N–C) groups is 1. The summed E-state index contributed by atoms with van der Waals surface area (Å²) in [5, 5.41) is 9.66. The molecule has 0 aliphatic carbocycles. The molecule has 4 aromatic rings. The monoisotopic (exact) mass is 452 g/mol. The molecule has 2 heterocycles. The van der Waals surface area contributed by atoms with Crippen molar-refractivity contribution in [3.63, 3.8) is 0 Å². The molecular formula is C20H13IN4O. The lowest BCUT2D eigenvalue weighted by Crippen LogP contribution is -2.20. The first-order valence-corrected chi connectivity index (χ1v) is 9.04. The van der Waals surface area contributed by atoms with Crippen LogP contribution in [0.25, 0.3) is 16.7 Å². The fourth-order valence-corrected chi connectivity index (χ4v) is 3.56. The zero-order chi connectivity index (χ0) is 18.3. The number of aromatic amines is 1. The summed E-state index contributed by atoms with van der Waals surface area (Å²) in [7, 11) is 0. The summed E-state index contributed by atoms with van der Waals surface area (Å²) >= 11 is 2.20. The summed E-state index contributed by atoms with van der Waals surface area (Å²) in [5.41, 5.74) is 4.16. The second kappa shape index (κ2) is 6.42. The highest BCUT2D eigenvalue weighted by Crippen LogP contribution is 2.22. The predicted octanol–water partition coefficient (Wildman–Crippen LogP) is 4.32. The van der Waals surface area contributed by atoms with Gasteiger partial charge in [0.2, 0.25) is 0 Å². The molecule has 0 radical (unpaired) electrons. The van der Waals surface area contributed by atoms with E-state index in [1.54, 1.807) is 17.5 Å². The van der Waals surface area contributed by atoms with Crippen molar-refractivity contribution in [1.82, 2.24) is 9.38 Å². The lowest BCUT2D eigenvalue weighted by Gasteiger charge is -2.05. The van der Waals surface area contributed by atoms with Gasteiger partial charge < -0.3 is 4.98 Å². The minimum absolute atomic E-state index is 0.191. The molecule has 0 aliphatic heterocycles. The number of pyridine rings is 1. The Morgan fingerprint density at radius 3 is 2.69 bits per heavy atom. The molecule has 2 aromatic heterocycles. The van der Waals surface area contributed by atoms with E-state index >= 15 is 0 Å². The molecule has 0 spiro atoms. The van der Waals surface area contributed by atoms with E-state index in [1.807, 2.05) is 48.5 Å². The molecule has 2 aromatic carbocycles. The predicted molar refractivity (Wildman–Crippen MR) is 111 cm³/mol. The Morgan fingerprint density at radius 2 is 1.92 bits per heavy atom. The van der Waals surface area contributed by atoms with Crippen LogP contribution < -0.4 is 5.56 Å². The normalized spacial score (nSPS) is 11.4. The first-order valence-electron chi connectivity index (χ1n) is 7.96. The summed E-state index contributed by atoms with van der Waals surface area (Å²) in [6, 6.07) is 17.4. The second-order valence-electron chi connectivity index (χ2n) is 5.87. The molecule has 0 saturated heterocycles. The van der Waals surface area contributed by atoms with Crippen molar-refractivity contribution in [2.75, 3.05) is 0 Å². The van der Waals surface area contributed by atoms with Gasteiger partial charge in [0, 0.05) is 9.78 Å². The molecule has 1 N–H and O–H groups in total. The number of nitrogens with one attached hydrogen (secondary N) is 1. The molecule has 126 valence electrons. The van der Waals surface area contributed by atoms with Crippen molar-refractivity contribution in [3.8, 4) is 6.07 Å². The van der Waals surface area contributed by atoms with Crippen LogP contribution in [0, 0.1) is 21.8 Å². The number of nitrogens with zero attached hydrogens (tertiary/aromatic N) is 3. The Balaban J connectivity index is 2.04. The maximum Gasteiger partial charge on any atom is 0.265 e. The average Bonchev–Trinajstić information content (AvgIpc) is 3.02. The largest absolute Gasteiger partial charge is 0.338 e. The van der Waals surface area contributed by atoms with E-state index in [2.05, 4.69) is 38.6 Å². The van der Waals surface area contributed by atoms with Crippen LogP contribution in [0.1, 0.15) is 16.7 Å². The van der Waals surface area contributed by atoms with Gasteiger partial charge >= 0.3 is 0 Å². The van der Waals surface area contributed by atoms with Gasteiger partial charge in [-0.2, -0.15) is 5.26 Å². The van der Waals surface area contributed by atoms with Crippen molar-refractivity contribution in [2.24, 2.45) is 4.99 Å². The molecule has 0 unspecified atom stereocenters. The number of nitriles is 1. The molecular weight excluding hydrogens is 439 g/mol. The quantitative estimate of drug-likeness (QED) is 0.364. The average molecular weight is 452 g/mol. The number of benzene rings is 2. The van der Waals surface area contributed by atoms with Gasteiger partial charge in [0.25, 0.3) is 5.56 Å². The van der Waals surface area contributed by atoms with E-state index in [4.69, 9.17) is 0 Å². The first kappa shape index (κ1) is 16.5. The Hall–Kier alpha value is -2.92. The van der Waals surface area contributed by atoms with Gasteiger partial charge in [0.15, 0.2) is 0 Å². The standard InChI is InChI=1S/C20H13IN4O/c1-12-13(10-22)19-24-17-8-4-5-9-18(17)25(19)20(26)14(12)11-23-16-7-3-2-6-15(16)21/h2-9,11,24H,1H3. The third-order valence-corrected chi connectivity index (χ3v) is 5.28. The van der Waals surface area contributed by atoms with Crippen LogP contribution >= 0.6 is 22.6 Å². The molecule has 0 aliphatic rings. The smallest absolute Gasteiger partial charge is 0.265 e. The maximum atomic E-state index is 13.1. The maximum absolute atomic E-state index is 13.1. The summed E-state index contributed by atoms with van der Waals surface area (Å²) in [6.45, 7) is 1.78. The Labute approximate surface area is 162 Å². The lowest BCUT2D eigenvalue weighted by molar-refractivity contribution is 1.12. The van der Waals surface area contributed by atoms with Crippen molar-refractivity contribution in [1.29, 1.82) is 5.26 Å². The van der Waals surface area contributed by atoms with E-state index < -0.39 is 0 Å². The van der Waals surface area contributed by atoms with Gasteiger partial charge in [-0.05, 0) is 59.3 Å². The minimum atomic E-state index is -0.191. The highest BCUT2D eigenvalue weighted by Gasteiger charge is 2.17. The number of imidazole rings is 1. The molecule has 4 rings (SSSR count). The van der Waals surface area contributed by atoms with Gasteiger partial charge in [-0.3, -0.25) is 14.2 Å². The summed E-state index contributed by atoms with van der Waals surface area (Å²) in [6.07, 6.45) is 1.56. The van der Waals surface area contributed by atoms with E-state index in [-0.39, 0.29) is 5.56 Å². The van der Waals surface area contributed by atoms with Crippen molar-refractivity contribution in [3.05, 3.63) is 79.1 Å². The van der Waals surface area contributed by atoms with E-state index in [0.29, 0.717) is 22.3 Å². The molecule has 0 bridgehead atoms. The Bertz CT molecular complexity index is 1290. The van der Waals surface area contributed by atoms with Crippen LogP contribution in [-0.2, 0) is 0 Å². The lowest BCUT2D eigenvalue weighted by atomic mass is 10.1. The summed E-state index contributed by atoms with van der Waals surface area (Å²) in [5.74, 6) is 0. The highest BCUT2D eigenvalue weighted by molar-refractivity contribution is 14.1. The number of hydrogen-bond acceptors (Lipinski definition) is 3. The van der Waals surface area contributed by atoms with Gasteiger partial charge in [0.1, 0.15) is 11.7 Å². The Morgan fingerprint density at radius 1 is 1.19 bits per heavy atom. The molecule has 0 atom stereocenters. The first-order chi connectivity index (χ1) is 12.6. The van der Waals surface area contributed by atoms with Gasteiger partial charge in [-0.1, -0.05) is 24.3 Å². The van der Waals surface area contributed by atoms with Crippen LogP contribution in [0.2, 0.25) is 0 Å². The number of rotatable bonds is 2. The SMILES string of the molecule is Cc1c(C=Nc2ccccc2I)c(=O)n2c([nH]c3ccccc32)c1C#N. The fraction of sp³-hybridized carbons (Fsp3) is 0.0500. The molecule has 26 heavy (non-hydrogen) atoms. The topological polar surface area (TPSA) is 73.4 Å². The van der Waals surface area contributed by atoms with Crippen molar-refractivity contribution in [2.45, 2.75) is 6.92 Å². The zero-order valence-corrected chi connectivity index (χ0v) is 16.0. The highest BCUT2D eigenvalue weighted by atomic mass is 127. The molecule has 0 fully saturated rings. The summed E-state index contributed by atoms with van der Waals surface area (Å²) < 4.78 is 2.55. The van der Waals surface area contributed by atoms with Crippen LogP contribution in [0.5, 0.6) is 0 Å². The molecule has 5 nitrogen and oxygen atoms in total. The second-order valence-corrected chi connectivity index (χ2v) is 7.03. The number of halogens is 1. The van der Waals surface area contributed by atoms with Crippen LogP contribution in [0.3, 0.4) is 0 Å². The number of fused-ring (bicyclic) bond motifs is 3. The molecule has 0 saturated carbocycles. The van der Waals surface area contributed by atoms with Crippen LogP contribution in [-0.4, -0.2) is 15.6 Å². The van der Waals surface area contributed by atoms with Gasteiger partial charge in [0.05, 0.1) is 27.8 Å². The van der Waals surface area contributed by atoms with E-state index in [9.17, 15) is 10.1 Å². The van der Waals surface area contributed by atoms with Crippen LogP contribution in [0.4, 0.5) is 5.69 Å². The molecule has 0 amide bonds. The number of hydrogen-bond donors (Lipinski definition) is 1.